The molecule has 0 aromatic rings. The van der Waals surface area contributed by atoms with Crippen LogP contribution in [0.15, 0.2) is 0 Å². The fourth-order valence-corrected chi connectivity index (χ4v) is 2.37. The summed E-state index contributed by atoms with van der Waals surface area (Å²) in [5.74, 6) is -0.948. The number of carbonyl (C=O) groups is 2. The lowest BCUT2D eigenvalue weighted by Gasteiger charge is -2.31. The van der Waals surface area contributed by atoms with Gasteiger partial charge < -0.3 is 20.1 Å². The molecule has 1 heterocycles. The molecule has 2 aliphatic rings. The van der Waals surface area contributed by atoms with Crippen molar-refractivity contribution < 1.29 is 19.4 Å². The Morgan fingerprint density at radius 1 is 1.37 bits per heavy atom. The second-order valence-electron chi connectivity index (χ2n) is 6.09. The van der Waals surface area contributed by atoms with Crippen LogP contribution in [0.1, 0.15) is 33.1 Å². The van der Waals surface area contributed by atoms with Crippen LogP contribution in [0.3, 0.4) is 0 Å². The zero-order valence-corrected chi connectivity index (χ0v) is 11.5. The van der Waals surface area contributed by atoms with Crippen LogP contribution < -0.4 is 5.32 Å². The summed E-state index contributed by atoms with van der Waals surface area (Å²) in [5.41, 5.74) is 0.235. The molecule has 0 spiro atoms. The molecule has 6 heteroatoms. The highest BCUT2D eigenvalue weighted by Gasteiger charge is 2.47. The topological polar surface area (TPSA) is 78.9 Å². The Balaban J connectivity index is 1.68. The molecule has 108 valence electrons. The highest BCUT2D eigenvalue weighted by Crippen LogP contribution is 2.44. The van der Waals surface area contributed by atoms with E-state index < -0.39 is 5.97 Å². The maximum Gasteiger partial charge on any atom is 0.329 e. The molecule has 19 heavy (non-hydrogen) atoms. The fraction of sp³-hybridized carbons (Fsp3) is 0.846. The van der Waals surface area contributed by atoms with Gasteiger partial charge in [-0.25, -0.2) is 9.59 Å². The number of nitrogens with zero attached hydrogens (tertiary/aromatic N) is 1. The van der Waals surface area contributed by atoms with Crippen LogP contribution in [0, 0.1) is 5.41 Å². The number of nitrogens with one attached hydrogen (secondary N) is 1. The maximum absolute atomic E-state index is 12.0. The molecule has 1 saturated carbocycles. The van der Waals surface area contributed by atoms with Gasteiger partial charge in [0.05, 0.1) is 6.10 Å². The molecule has 1 atom stereocenters. The maximum atomic E-state index is 12.0. The van der Waals surface area contributed by atoms with E-state index in [9.17, 15) is 9.59 Å². The van der Waals surface area contributed by atoms with E-state index in [1.807, 2.05) is 0 Å². The SMILES string of the molecule is CC1(C)CC1NC(=O)N1CCC(OCC(=O)O)CC1. The third kappa shape index (κ3) is 3.83. The summed E-state index contributed by atoms with van der Waals surface area (Å²) >= 11 is 0. The number of likely N-dealkylation sites (tertiary alicyclic amines) is 1. The average molecular weight is 270 g/mol. The summed E-state index contributed by atoms with van der Waals surface area (Å²) < 4.78 is 5.24. The van der Waals surface area contributed by atoms with Crippen LogP contribution in [0.4, 0.5) is 4.79 Å². The lowest BCUT2D eigenvalue weighted by atomic mass is 10.1. The molecule has 2 rings (SSSR count). The Morgan fingerprint density at radius 2 is 1.95 bits per heavy atom. The number of urea groups is 1. The van der Waals surface area contributed by atoms with Gasteiger partial charge >= 0.3 is 12.0 Å². The van der Waals surface area contributed by atoms with E-state index in [0.29, 0.717) is 32.0 Å². The molecule has 1 unspecified atom stereocenters. The normalized spacial score (nSPS) is 26.0. The minimum absolute atomic E-state index is 0.00717. The molecular weight excluding hydrogens is 248 g/mol. The molecule has 1 aliphatic heterocycles. The number of carboxylic acid groups (broad SMARTS) is 1. The molecule has 0 aromatic carbocycles. The van der Waals surface area contributed by atoms with Crippen molar-refractivity contribution >= 4 is 12.0 Å². The van der Waals surface area contributed by atoms with Crippen LogP contribution in [0.5, 0.6) is 0 Å². The average Bonchev–Trinajstić information content (AvgIpc) is 2.94. The van der Waals surface area contributed by atoms with Crippen molar-refractivity contribution in [2.75, 3.05) is 19.7 Å². The van der Waals surface area contributed by atoms with Gasteiger partial charge in [0, 0.05) is 19.1 Å². The molecular formula is C13H22N2O4. The Labute approximate surface area is 113 Å². The first-order valence-electron chi connectivity index (χ1n) is 6.77. The number of hydrogen-bond donors (Lipinski definition) is 2. The highest BCUT2D eigenvalue weighted by molar-refractivity contribution is 5.75. The van der Waals surface area contributed by atoms with Crippen LogP contribution in [-0.4, -0.2) is 53.8 Å². The summed E-state index contributed by atoms with van der Waals surface area (Å²) in [4.78, 5) is 24.2. The predicted octanol–water partition coefficient (Wildman–Crippen LogP) is 1.06. The van der Waals surface area contributed by atoms with E-state index in [1.165, 1.54) is 0 Å². The minimum atomic E-state index is -0.948. The number of rotatable bonds is 4. The Kier molecular flexibility index (Phi) is 3.99. The number of hydrogen-bond acceptors (Lipinski definition) is 3. The monoisotopic (exact) mass is 270 g/mol. The predicted molar refractivity (Wildman–Crippen MR) is 68.9 cm³/mol. The molecule has 2 amide bonds. The number of amides is 2. The largest absolute Gasteiger partial charge is 0.480 e. The molecule has 0 aromatic heterocycles. The first kappa shape index (κ1) is 14.1. The molecule has 2 N–H and O–H groups in total. The molecule has 6 nitrogen and oxygen atoms in total. The van der Waals surface area contributed by atoms with E-state index >= 15 is 0 Å². The number of aliphatic carboxylic acids is 1. The number of carboxylic acids is 1. The van der Waals surface area contributed by atoms with Crippen LogP contribution in [0.25, 0.3) is 0 Å². The molecule has 0 radical (unpaired) electrons. The van der Waals surface area contributed by atoms with Gasteiger partial charge in [0.15, 0.2) is 0 Å². The smallest absolute Gasteiger partial charge is 0.329 e. The second-order valence-corrected chi connectivity index (χ2v) is 6.09. The van der Waals surface area contributed by atoms with Crippen molar-refractivity contribution in [2.24, 2.45) is 5.41 Å². The second kappa shape index (κ2) is 5.36. The van der Waals surface area contributed by atoms with E-state index in [4.69, 9.17) is 9.84 Å². The van der Waals surface area contributed by atoms with E-state index in [1.54, 1.807) is 4.90 Å². The summed E-state index contributed by atoms with van der Waals surface area (Å²) in [6, 6.07) is 0.285. The third-order valence-corrected chi connectivity index (χ3v) is 3.98. The zero-order valence-electron chi connectivity index (χ0n) is 11.5. The van der Waals surface area contributed by atoms with Gasteiger partial charge in [0.2, 0.25) is 0 Å². The number of ether oxygens (including phenoxy) is 1. The molecule has 1 aliphatic carbocycles. The fourth-order valence-electron chi connectivity index (χ4n) is 2.37. The zero-order chi connectivity index (χ0) is 14.0. The minimum Gasteiger partial charge on any atom is -0.480 e. The van der Waals surface area contributed by atoms with Crippen molar-refractivity contribution in [3.05, 3.63) is 0 Å². The van der Waals surface area contributed by atoms with Gasteiger partial charge in [-0.15, -0.1) is 0 Å². The Bertz CT molecular complexity index is 362. The Hall–Kier alpha value is -1.30. The van der Waals surface area contributed by atoms with Crippen LogP contribution in [-0.2, 0) is 9.53 Å². The van der Waals surface area contributed by atoms with Crippen LogP contribution in [0.2, 0.25) is 0 Å². The van der Waals surface area contributed by atoms with Gasteiger partial charge in [-0.2, -0.15) is 0 Å². The van der Waals surface area contributed by atoms with E-state index in [-0.39, 0.29) is 24.2 Å². The van der Waals surface area contributed by atoms with Crippen molar-refractivity contribution in [1.29, 1.82) is 0 Å². The van der Waals surface area contributed by atoms with Crippen molar-refractivity contribution in [3.8, 4) is 0 Å². The van der Waals surface area contributed by atoms with Gasteiger partial charge in [-0.05, 0) is 24.7 Å². The Morgan fingerprint density at radius 3 is 2.42 bits per heavy atom. The van der Waals surface area contributed by atoms with E-state index in [0.717, 1.165) is 6.42 Å². The number of carbonyl (C=O) groups excluding carboxylic acids is 1. The summed E-state index contributed by atoms with van der Waals surface area (Å²) in [5, 5.41) is 11.6. The van der Waals surface area contributed by atoms with Gasteiger partial charge in [0.25, 0.3) is 0 Å². The van der Waals surface area contributed by atoms with Crippen molar-refractivity contribution in [3.63, 3.8) is 0 Å². The van der Waals surface area contributed by atoms with E-state index in [2.05, 4.69) is 19.2 Å². The van der Waals surface area contributed by atoms with Crippen molar-refractivity contribution in [2.45, 2.75) is 45.3 Å². The first-order chi connectivity index (χ1) is 8.88. The third-order valence-electron chi connectivity index (χ3n) is 3.98. The summed E-state index contributed by atoms with van der Waals surface area (Å²) in [7, 11) is 0. The molecule has 1 saturated heterocycles. The standard InChI is InChI=1S/C13H22N2O4/c1-13(2)7-10(13)14-12(18)15-5-3-9(4-6-15)19-8-11(16)17/h9-10H,3-8H2,1-2H3,(H,14,18)(H,16,17). The summed E-state index contributed by atoms with van der Waals surface area (Å²) in [6.07, 6.45) is 2.40. The molecule has 0 bridgehead atoms. The van der Waals surface area contributed by atoms with Crippen LogP contribution >= 0.6 is 0 Å². The lowest BCUT2D eigenvalue weighted by Crippen LogP contribution is -2.47. The van der Waals surface area contributed by atoms with Gasteiger partial charge in [-0.3, -0.25) is 0 Å². The van der Waals surface area contributed by atoms with Gasteiger partial charge in [-0.1, -0.05) is 13.8 Å². The lowest BCUT2D eigenvalue weighted by molar-refractivity contribution is -0.145. The molecule has 2 fully saturated rings. The van der Waals surface area contributed by atoms with Gasteiger partial charge in [0.1, 0.15) is 6.61 Å². The van der Waals surface area contributed by atoms with Crippen molar-refractivity contribution in [1.82, 2.24) is 10.2 Å². The quantitative estimate of drug-likeness (QED) is 0.800. The highest BCUT2D eigenvalue weighted by atomic mass is 16.5. The first-order valence-corrected chi connectivity index (χ1v) is 6.77. The number of piperidine rings is 1. The summed E-state index contributed by atoms with van der Waals surface area (Å²) in [6.45, 7) is 5.29.